The molecule has 1 heterocycles. The molecule has 19 heavy (non-hydrogen) atoms. The van der Waals surface area contributed by atoms with E-state index in [-0.39, 0.29) is 22.3 Å². The van der Waals surface area contributed by atoms with E-state index in [2.05, 4.69) is 52.2 Å². The van der Waals surface area contributed by atoms with E-state index in [0.717, 1.165) is 38.8 Å². The van der Waals surface area contributed by atoms with Gasteiger partial charge < -0.3 is 10.6 Å². The fraction of sp³-hybridized carbons (Fsp3) is 0.938. The highest BCUT2D eigenvalue weighted by Crippen LogP contribution is 2.33. The highest BCUT2D eigenvalue weighted by molar-refractivity contribution is 5.83. The van der Waals surface area contributed by atoms with Crippen molar-refractivity contribution >= 4 is 5.91 Å². The molecule has 1 unspecified atom stereocenters. The third-order valence-electron chi connectivity index (χ3n) is 4.05. The van der Waals surface area contributed by atoms with Gasteiger partial charge in [-0.25, -0.2) is 0 Å². The number of piperidine rings is 1. The van der Waals surface area contributed by atoms with Gasteiger partial charge in [-0.1, -0.05) is 27.7 Å². The molecule has 3 nitrogen and oxygen atoms in total. The quantitative estimate of drug-likeness (QED) is 0.822. The van der Waals surface area contributed by atoms with Gasteiger partial charge >= 0.3 is 0 Å². The molecule has 0 spiro atoms. The maximum atomic E-state index is 12.7. The third-order valence-corrected chi connectivity index (χ3v) is 4.05. The predicted octanol–water partition coefficient (Wildman–Crippen LogP) is 3.10. The van der Waals surface area contributed by atoms with Crippen LogP contribution < -0.4 is 10.6 Å². The summed E-state index contributed by atoms with van der Waals surface area (Å²) in [5.41, 5.74) is -0.122. The smallest absolute Gasteiger partial charge is 0.227 e. The van der Waals surface area contributed by atoms with Gasteiger partial charge in [-0.15, -0.1) is 0 Å². The van der Waals surface area contributed by atoms with Gasteiger partial charge in [0.25, 0.3) is 0 Å². The van der Waals surface area contributed by atoms with Crippen molar-refractivity contribution < 1.29 is 4.79 Å². The van der Waals surface area contributed by atoms with Gasteiger partial charge in [-0.2, -0.15) is 0 Å². The molecule has 2 N–H and O–H groups in total. The van der Waals surface area contributed by atoms with E-state index >= 15 is 0 Å². The molecule has 0 saturated carbocycles. The Kier molecular flexibility index (Phi) is 5.05. The Morgan fingerprint density at radius 1 is 1.26 bits per heavy atom. The van der Waals surface area contributed by atoms with Crippen LogP contribution >= 0.6 is 0 Å². The predicted molar refractivity (Wildman–Crippen MR) is 81.1 cm³/mol. The van der Waals surface area contributed by atoms with Crippen LogP contribution in [0.15, 0.2) is 0 Å². The average molecular weight is 268 g/mol. The summed E-state index contributed by atoms with van der Waals surface area (Å²) < 4.78 is 0. The molecule has 0 aromatic heterocycles. The summed E-state index contributed by atoms with van der Waals surface area (Å²) in [5, 5.41) is 6.68. The van der Waals surface area contributed by atoms with E-state index in [9.17, 15) is 4.79 Å². The second-order valence-corrected chi connectivity index (χ2v) is 7.99. The third kappa shape index (κ3) is 4.79. The van der Waals surface area contributed by atoms with Crippen LogP contribution in [-0.4, -0.2) is 24.5 Å². The zero-order valence-corrected chi connectivity index (χ0v) is 13.7. The van der Waals surface area contributed by atoms with E-state index in [1.165, 1.54) is 0 Å². The lowest BCUT2D eigenvalue weighted by Gasteiger charge is -2.40. The van der Waals surface area contributed by atoms with Crippen LogP contribution in [0.3, 0.4) is 0 Å². The molecule has 1 amide bonds. The summed E-state index contributed by atoms with van der Waals surface area (Å²) >= 11 is 0. The van der Waals surface area contributed by atoms with Gasteiger partial charge in [-0.05, 0) is 51.5 Å². The largest absolute Gasteiger partial charge is 0.351 e. The van der Waals surface area contributed by atoms with E-state index in [4.69, 9.17) is 0 Å². The van der Waals surface area contributed by atoms with Crippen molar-refractivity contribution in [3.05, 3.63) is 0 Å². The summed E-state index contributed by atoms with van der Waals surface area (Å²) in [6.45, 7) is 14.9. The zero-order valence-electron chi connectivity index (χ0n) is 13.7. The number of carbonyl (C=O) groups is 1. The molecule has 1 atom stereocenters. The van der Waals surface area contributed by atoms with Crippen LogP contribution in [0.4, 0.5) is 0 Å². The van der Waals surface area contributed by atoms with Crippen LogP contribution in [0.2, 0.25) is 0 Å². The van der Waals surface area contributed by atoms with Gasteiger partial charge in [0.15, 0.2) is 0 Å². The number of carbonyl (C=O) groups excluding carboxylic acids is 1. The van der Waals surface area contributed by atoms with Crippen molar-refractivity contribution in [3.63, 3.8) is 0 Å². The minimum Gasteiger partial charge on any atom is -0.351 e. The Hall–Kier alpha value is -0.570. The first-order chi connectivity index (χ1) is 8.60. The lowest BCUT2D eigenvalue weighted by atomic mass is 9.75. The topological polar surface area (TPSA) is 41.1 Å². The molecule has 1 rings (SSSR count). The molecule has 112 valence electrons. The minimum atomic E-state index is -0.201. The monoisotopic (exact) mass is 268 g/mol. The molecule has 1 fully saturated rings. The summed E-state index contributed by atoms with van der Waals surface area (Å²) in [7, 11) is 0. The Labute approximate surface area is 118 Å². The van der Waals surface area contributed by atoms with Gasteiger partial charge in [0.1, 0.15) is 0 Å². The molecule has 0 aliphatic carbocycles. The van der Waals surface area contributed by atoms with Crippen molar-refractivity contribution in [2.45, 2.75) is 72.8 Å². The standard InChI is InChI=1S/C16H32N2O/c1-7-16(9-8-10-17-12-16)13(19)18-15(5,6)11-14(2,3)4/h17H,7-12H2,1-6H3,(H,18,19). The second-order valence-electron chi connectivity index (χ2n) is 7.99. The molecule has 0 radical (unpaired) electrons. The molecular weight excluding hydrogens is 236 g/mol. The summed E-state index contributed by atoms with van der Waals surface area (Å²) in [4.78, 5) is 12.7. The van der Waals surface area contributed by atoms with Crippen molar-refractivity contribution in [1.82, 2.24) is 10.6 Å². The molecule has 3 heteroatoms. The van der Waals surface area contributed by atoms with E-state index in [1.807, 2.05) is 0 Å². The first-order valence-electron chi connectivity index (χ1n) is 7.64. The van der Waals surface area contributed by atoms with Gasteiger partial charge in [-0.3, -0.25) is 4.79 Å². The maximum absolute atomic E-state index is 12.7. The Morgan fingerprint density at radius 2 is 1.89 bits per heavy atom. The van der Waals surface area contributed by atoms with E-state index in [0.29, 0.717) is 0 Å². The number of nitrogens with one attached hydrogen (secondary N) is 2. The van der Waals surface area contributed by atoms with E-state index in [1.54, 1.807) is 0 Å². The fourth-order valence-electron chi connectivity index (χ4n) is 3.43. The van der Waals surface area contributed by atoms with Crippen molar-refractivity contribution in [2.24, 2.45) is 10.8 Å². The number of amides is 1. The summed E-state index contributed by atoms with van der Waals surface area (Å²) in [5.74, 6) is 0.233. The zero-order chi connectivity index (χ0) is 14.7. The Morgan fingerprint density at radius 3 is 2.32 bits per heavy atom. The van der Waals surface area contributed by atoms with Crippen molar-refractivity contribution in [1.29, 1.82) is 0 Å². The number of hydrogen-bond donors (Lipinski definition) is 2. The van der Waals surface area contributed by atoms with E-state index < -0.39 is 0 Å². The van der Waals surface area contributed by atoms with Gasteiger partial charge in [0, 0.05) is 12.1 Å². The highest BCUT2D eigenvalue weighted by atomic mass is 16.2. The molecular formula is C16H32N2O. The summed E-state index contributed by atoms with van der Waals surface area (Å²) in [6.07, 6.45) is 4.01. The minimum absolute atomic E-state index is 0.144. The SMILES string of the molecule is CCC1(C(=O)NC(C)(C)CC(C)(C)C)CCCNC1. The van der Waals surface area contributed by atoms with Gasteiger partial charge in [0.2, 0.25) is 5.91 Å². The lowest BCUT2D eigenvalue weighted by Crippen LogP contribution is -2.56. The molecule has 0 bridgehead atoms. The first kappa shape index (κ1) is 16.5. The van der Waals surface area contributed by atoms with Crippen LogP contribution in [0.1, 0.15) is 67.2 Å². The average Bonchev–Trinajstić information content (AvgIpc) is 2.25. The molecule has 0 aromatic carbocycles. The van der Waals surface area contributed by atoms with Crippen molar-refractivity contribution in [2.75, 3.05) is 13.1 Å². The summed E-state index contributed by atoms with van der Waals surface area (Å²) in [6, 6.07) is 0. The van der Waals surface area contributed by atoms with Crippen LogP contribution in [0.5, 0.6) is 0 Å². The Balaban J connectivity index is 2.71. The maximum Gasteiger partial charge on any atom is 0.227 e. The number of hydrogen-bond acceptors (Lipinski definition) is 2. The normalized spacial score (nSPS) is 25.2. The number of rotatable bonds is 4. The second kappa shape index (κ2) is 5.82. The molecule has 1 aliphatic heterocycles. The molecule has 1 aliphatic rings. The van der Waals surface area contributed by atoms with Gasteiger partial charge in [0.05, 0.1) is 5.41 Å². The highest BCUT2D eigenvalue weighted by Gasteiger charge is 2.40. The van der Waals surface area contributed by atoms with Crippen LogP contribution in [-0.2, 0) is 4.79 Å². The lowest BCUT2D eigenvalue weighted by molar-refractivity contribution is -0.134. The van der Waals surface area contributed by atoms with Crippen molar-refractivity contribution in [3.8, 4) is 0 Å². The molecule has 0 aromatic rings. The Bertz CT molecular complexity index is 309. The first-order valence-corrected chi connectivity index (χ1v) is 7.64. The molecule has 1 saturated heterocycles. The van der Waals surface area contributed by atoms with Crippen LogP contribution in [0.25, 0.3) is 0 Å². The fourth-order valence-corrected chi connectivity index (χ4v) is 3.43. The van der Waals surface area contributed by atoms with Crippen LogP contribution in [0, 0.1) is 10.8 Å².